The molecule has 196 valence electrons. The molecule has 1 N–H and O–H groups in total. The van der Waals surface area contributed by atoms with E-state index in [1.54, 1.807) is 37.3 Å². The van der Waals surface area contributed by atoms with Gasteiger partial charge >= 0.3 is 0 Å². The molecule has 9 nitrogen and oxygen atoms in total. The number of hydrogen-bond acceptors (Lipinski definition) is 7. The van der Waals surface area contributed by atoms with E-state index in [1.807, 2.05) is 0 Å². The zero-order valence-electron chi connectivity index (χ0n) is 20.5. The second kappa shape index (κ2) is 12.2. The number of benzene rings is 3. The molecule has 0 aliphatic rings. The summed E-state index contributed by atoms with van der Waals surface area (Å²) in [4.78, 5) is 12.8. The molecule has 0 bridgehead atoms. The molecule has 0 aromatic heterocycles. The molecule has 0 fully saturated rings. The van der Waals surface area contributed by atoms with Crippen LogP contribution in [0.3, 0.4) is 0 Å². The van der Waals surface area contributed by atoms with E-state index >= 15 is 0 Å². The topological polar surface area (TPSA) is 107 Å². The van der Waals surface area contributed by atoms with Crippen LogP contribution in [0.5, 0.6) is 17.2 Å². The summed E-state index contributed by atoms with van der Waals surface area (Å²) in [5, 5.41) is 4.91. The molecule has 3 aromatic rings. The Morgan fingerprint density at radius 1 is 0.865 bits per heavy atom. The molecule has 0 saturated heterocycles. The number of carbonyl (C=O) groups is 1. The van der Waals surface area contributed by atoms with Gasteiger partial charge in [0.1, 0.15) is 12.3 Å². The summed E-state index contributed by atoms with van der Waals surface area (Å²) in [6.45, 7) is 1.08. The first kappa shape index (κ1) is 28.1. The zero-order valence-corrected chi connectivity index (χ0v) is 22.8. The highest BCUT2D eigenvalue weighted by Crippen LogP contribution is 2.36. The number of nitrogens with zero attached hydrogens (tertiary/aromatic N) is 2. The number of amides is 1. The van der Waals surface area contributed by atoms with Crippen molar-refractivity contribution in [2.24, 2.45) is 5.10 Å². The van der Waals surface area contributed by atoms with E-state index in [0.717, 1.165) is 9.87 Å². The first-order valence-electron chi connectivity index (χ1n) is 10.8. The van der Waals surface area contributed by atoms with Gasteiger partial charge in [0.25, 0.3) is 15.9 Å². The number of nitrogens with one attached hydrogen (secondary N) is 1. The fraction of sp³-hybridized carbons (Fsp3) is 0.200. The van der Waals surface area contributed by atoms with Crippen LogP contribution in [0.15, 0.2) is 70.7 Å². The summed E-state index contributed by atoms with van der Waals surface area (Å²) in [7, 11) is -0.108. The number of rotatable bonds is 10. The van der Waals surface area contributed by atoms with Gasteiger partial charge in [0.2, 0.25) is 0 Å². The molecule has 0 aliphatic carbocycles. The van der Waals surface area contributed by atoms with Crippen LogP contribution in [0.1, 0.15) is 12.5 Å². The molecule has 0 atom stereocenters. The Balaban J connectivity index is 2.00. The first-order chi connectivity index (χ1) is 17.6. The number of halogens is 2. The lowest BCUT2D eigenvalue weighted by Gasteiger charge is -2.26. The lowest BCUT2D eigenvalue weighted by atomic mass is 10.1. The van der Waals surface area contributed by atoms with Crippen LogP contribution in [0, 0.1) is 0 Å². The first-order valence-corrected chi connectivity index (χ1v) is 13.0. The molecule has 0 radical (unpaired) electrons. The Bertz CT molecular complexity index is 1410. The Morgan fingerprint density at radius 3 is 2.08 bits per heavy atom. The second-order valence-corrected chi connectivity index (χ2v) is 10.3. The van der Waals surface area contributed by atoms with E-state index in [4.69, 9.17) is 37.4 Å². The van der Waals surface area contributed by atoms with Crippen molar-refractivity contribution in [3.05, 3.63) is 76.3 Å². The van der Waals surface area contributed by atoms with Gasteiger partial charge in [-0.05, 0) is 55.0 Å². The molecule has 12 heteroatoms. The molecule has 37 heavy (non-hydrogen) atoms. The molecule has 0 spiro atoms. The molecule has 0 aliphatic heterocycles. The predicted molar refractivity (Wildman–Crippen MR) is 144 cm³/mol. The van der Waals surface area contributed by atoms with Crippen LogP contribution in [-0.2, 0) is 14.8 Å². The maximum atomic E-state index is 13.8. The quantitative estimate of drug-likeness (QED) is 0.280. The largest absolute Gasteiger partial charge is 0.495 e. The summed E-state index contributed by atoms with van der Waals surface area (Å²) in [6.07, 6.45) is 0. The van der Waals surface area contributed by atoms with Crippen molar-refractivity contribution in [3.8, 4) is 17.2 Å². The van der Waals surface area contributed by atoms with Crippen molar-refractivity contribution in [2.75, 3.05) is 32.2 Å². The number of anilines is 1. The molecule has 0 unspecified atom stereocenters. The lowest BCUT2D eigenvalue weighted by molar-refractivity contribution is -0.119. The number of ether oxygens (including phenoxy) is 3. The normalized spacial score (nSPS) is 11.6. The van der Waals surface area contributed by atoms with Gasteiger partial charge in [0, 0.05) is 16.1 Å². The minimum Gasteiger partial charge on any atom is -0.495 e. The molecular weight excluding hydrogens is 541 g/mol. The standard InChI is InChI=1S/C25H25Cl2N3O6S/c1-16(17-5-7-18(26)8-6-17)28-29-25(31)15-30(21-13-19(27)9-11-22(21)34-2)37(32,33)20-10-12-23(35-3)24(14-20)36-4/h5-14H,15H2,1-4H3,(H,29,31)/b28-16-. The van der Waals surface area contributed by atoms with Gasteiger partial charge in [-0.1, -0.05) is 35.3 Å². The number of hydrogen-bond donors (Lipinski definition) is 1. The third-order valence-electron chi connectivity index (χ3n) is 5.25. The predicted octanol–water partition coefficient (Wildman–Crippen LogP) is 4.75. The SMILES string of the molecule is COc1ccc(S(=O)(=O)N(CC(=O)N/N=C(/C)c2ccc(Cl)cc2)c2cc(Cl)ccc2OC)cc1OC. The lowest BCUT2D eigenvalue weighted by Crippen LogP contribution is -2.40. The summed E-state index contributed by atoms with van der Waals surface area (Å²) in [6, 6.07) is 15.4. The minimum atomic E-state index is -4.32. The van der Waals surface area contributed by atoms with Gasteiger partial charge in [-0.15, -0.1) is 0 Å². The second-order valence-electron chi connectivity index (χ2n) is 7.58. The van der Waals surface area contributed by atoms with Crippen molar-refractivity contribution < 1.29 is 27.4 Å². The van der Waals surface area contributed by atoms with E-state index in [0.29, 0.717) is 16.5 Å². The van der Waals surface area contributed by atoms with Gasteiger partial charge in [-0.2, -0.15) is 5.10 Å². The highest BCUT2D eigenvalue weighted by atomic mass is 35.5. The van der Waals surface area contributed by atoms with Crippen LogP contribution < -0.4 is 23.9 Å². The van der Waals surface area contributed by atoms with Crippen molar-refractivity contribution in [3.63, 3.8) is 0 Å². The number of carbonyl (C=O) groups excluding carboxylic acids is 1. The van der Waals surface area contributed by atoms with Gasteiger partial charge < -0.3 is 14.2 Å². The van der Waals surface area contributed by atoms with Gasteiger partial charge in [-0.3, -0.25) is 9.10 Å². The summed E-state index contributed by atoms with van der Waals surface area (Å²) in [5.74, 6) is 0.0498. The van der Waals surface area contributed by atoms with Crippen LogP contribution in [-0.4, -0.2) is 47.9 Å². The minimum absolute atomic E-state index is 0.0679. The zero-order chi connectivity index (χ0) is 27.2. The van der Waals surface area contributed by atoms with Crippen LogP contribution in [0.25, 0.3) is 0 Å². The molecule has 3 rings (SSSR count). The fourth-order valence-electron chi connectivity index (χ4n) is 3.33. The van der Waals surface area contributed by atoms with E-state index in [-0.39, 0.29) is 27.1 Å². The molecule has 0 saturated carbocycles. The monoisotopic (exact) mass is 565 g/mol. The smallest absolute Gasteiger partial charge is 0.265 e. The van der Waals surface area contributed by atoms with Gasteiger partial charge in [0.05, 0.1) is 37.6 Å². The van der Waals surface area contributed by atoms with Crippen molar-refractivity contribution in [1.82, 2.24) is 5.43 Å². The summed E-state index contributed by atoms with van der Waals surface area (Å²) in [5.41, 5.74) is 3.70. The molecule has 1 amide bonds. The van der Waals surface area contributed by atoms with Gasteiger partial charge in [0.15, 0.2) is 11.5 Å². The Kier molecular flexibility index (Phi) is 9.25. The number of sulfonamides is 1. The number of hydrazone groups is 1. The third kappa shape index (κ3) is 6.65. The Labute approximate surface area is 225 Å². The molecular formula is C25H25Cl2N3O6S. The Morgan fingerprint density at radius 2 is 1.46 bits per heavy atom. The summed E-state index contributed by atoms with van der Waals surface area (Å²) >= 11 is 12.1. The number of methoxy groups -OCH3 is 3. The maximum absolute atomic E-state index is 13.8. The van der Waals surface area contributed by atoms with Crippen LogP contribution >= 0.6 is 23.2 Å². The highest BCUT2D eigenvalue weighted by Gasteiger charge is 2.30. The van der Waals surface area contributed by atoms with Crippen molar-refractivity contribution in [2.45, 2.75) is 11.8 Å². The van der Waals surface area contributed by atoms with E-state index in [2.05, 4.69) is 10.5 Å². The van der Waals surface area contributed by atoms with Crippen LogP contribution in [0.4, 0.5) is 5.69 Å². The van der Waals surface area contributed by atoms with Crippen molar-refractivity contribution >= 4 is 50.5 Å². The Hall–Kier alpha value is -3.47. The fourth-order valence-corrected chi connectivity index (χ4v) is 5.06. The molecule has 0 heterocycles. The van der Waals surface area contributed by atoms with Crippen LogP contribution in [0.2, 0.25) is 10.0 Å². The highest BCUT2D eigenvalue weighted by molar-refractivity contribution is 7.92. The van der Waals surface area contributed by atoms with E-state index in [9.17, 15) is 13.2 Å². The average molecular weight is 566 g/mol. The van der Waals surface area contributed by atoms with Gasteiger partial charge in [-0.25, -0.2) is 13.8 Å². The third-order valence-corrected chi connectivity index (χ3v) is 7.49. The maximum Gasteiger partial charge on any atom is 0.265 e. The summed E-state index contributed by atoms with van der Waals surface area (Å²) < 4.78 is 44.3. The average Bonchev–Trinajstić information content (AvgIpc) is 2.90. The molecule has 3 aromatic carbocycles. The van der Waals surface area contributed by atoms with Crippen molar-refractivity contribution in [1.29, 1.82) is 0 Å². The van der Waals surface area contributed by atoms with E-state index in [1.165, 1.54) is 51.7 Å². The van der Waals surface area contributed by atoms with E-state index < -0.39 is 22.5 Å².